The van der Waals surface area contributed by atoms with E-state index in [-0.39, 0.29) is 12.2 Å². The highest BCUT2D eigenvalue weighted by Crippen LogP contribution is 2.36. The van der Waals surface area contributed by atoms with E-state index in [0.717, 1.165) is 20.5 Å². The van der Waals surface area contributed by atoms with Gasteiger partial charge in [0.25, 0.3) is 11.8 Å². The molecule has 4 rings (SSSR count). The number of carbonyl (C=O) groups is 3. The molecule has 1 N–H and O–H groups in total. The van der Waals surface area contributed by atoms with Crippen molar-refractivity contribution in [3.05, 3.63) is 90.8 Å². The Morgan fingerprint density at radius 3 is 2.32 bits per heavy atom. The molecule has 0 aliphatic carbocycles. The highest BCUT2D eigenvalue weighted by atomic mass is 79.9. The van der Waals surface area contributed by atoms with Crippen LogP contribution in [0.2, 0.25) is 5.02 Å². The van der Waals surface area contributed by atoms with E-state index in [9.17, 15) is 14.4 Å². The van der Waals surface area contributed by atoms with E-state index in [1.165, 1.54) is 6.08 Å². The number of nitrogens with one attached hydrogen (secondary N) is 1. The van der Waals surface area contributed by atoms with Gasteiger partial charge >= 0.3 is 6.03 Å². The molecule has 0 aromatic heterocycles. The van der Waals surface area contributed by atoms with Crippen molar-refractivity contribution in [3.63, 3.8) is 0 Å². The number of hydrogen-bond donors (Lipinski definition) is 1. The molecule has 0 atom stereocenters. The highest BCUT2D eigenvalue weighted by Gasteiger charge is 2.37. The van der Waals surface area contributed by atoms with Gasteiger partial charge in [-0.2, -0.15) is 0 Å². The van der Waals surface area contributed by atoms with Gasteiger partial charge in [-0.25, -0.2) is 9.69 Å². The number of halogens is 3. The molecule has 1 heterocycles. The van der Waals surface area contributed by atoms with Crippen molar-refractivity contribution in [2.24, 2.45) is 0 Å². The van der Waals surface area contributed by atoms with E-state index >= 15 is 0 Å². The van der Waals surface area contributed by atoms with Crippen LogP contribution in [0, 0.1) is 6.92 Å². The maximum atomic E-state index is 13.3. The first-order chi connectivity index (χ1) is 17.7. The van der Waals surface area contributed by atoms with Crippen LogP contribution in [0.5, 0.6) is 11.5 Å². The van der Waals surface area contributed by atoms with Gasteiger partial charge in [0.1, 0.15) is 12.2 Å². The normalized spacial score (nSPS) is 14.7. The van der Waals surface area contributed by atoms with Crippen LogP contribution >= 0.6 is 43.5 Å². The SMILES string of the molecule is CCOc1cc(/C=C2\C(=O)NC(=O)N(c3ccc(Br)c(C)c3)C2=O)c(Br)cc1OCc1ccc(Cl)cc1. The van der Waals surface area contributed by atoms with Crippen molar-refractivity contribution >= 4 is 73.1 Å². The van der Waals surface area contributed by atoms with Crippen LogP contribution < -0.4 is 19.7 Å². The van der Waals surface area contributed by atoms with E-state index < -0.39 is 17.8 Å². The number of anilines is 1. The minimum atomic E-state index is -0.811. The Bertz CT molecular complexity index is 1420. The minimum absolute atomic E-state index is 0.196. The molecule has 0 unspecified atom stereocenters. The van der Waals surface area contributed by atoms with Crippen molar-refractivity contribution in [2.75, 3.05) is 11.5 Å². The number of amides is 4. The summed E-state index contributed by atoms with van der Waals surface area (Å²) in [6.45, 7) is 4.34. The van der Waals surface area contributed by atoms with Gasteiger partial charge in [-0.05, 0) is 79.1 Å². The summed E-state index contributed by atoms with van der Waals surface area (Å²) < 4.78 is 13.1. The zero-order chi connectivity index (χ0) is 26.7. The molecule has 37 heavy (non-hydrogen) atoms. The summed E-state index contributed by atoms with van der Waals surface area (Å²) in [4.78, 5) is 39.4. The van der Waals surface area contributed by atoms with Crippen LogP contribution in [0.15, 0.2) is 69.1 Å². The molecule has 10 heteroatoms. The molecule has 190 valence electrons. The zero-order valence-electron chi connectivity index (χ0n) is 19.8. The quantitative estimate of drug-likeness (QED) is 0.225. The molecule has 3 aromatic carbocycles. The fourth-order valence-corrected chi connectivity index (χ4v) is 4.41. The number of benzene rings is 3. The van der Waals surface area contributed by atoms with Crippen molar-refractivity contribution in [1.82, 2.24) is 5.32 Å². The highest BCUT2D eigenvalue weighted by molar-refractivity contribution is 9.10. The third kappa shape index (κ3) is 6.06. The van der Waals surface area contributed by atoms with Crippen LogP contribution in [0.1, 0.15) is 23.6 Å². The average molecular weight is 649 g/mol. The van der Waals surface area contributed by atoms with Gasteiger partial charge in [-0.3, -0.25) is 14.9 Å². The fraction of sp³-hybridized carbons (Fsp3) is 0.148. The molecule has 7 nitrogen and oxygen atoms in total. The van der Waals surface area contributed by atoms with E-state index in [4.69, 9.17) is 21.1 Å². The number of carbonyl (C=O) groups excluding carboxylic acids is 3. The molecule has 0 radical (unpaired) electrons. The predicted octanol–water partition coefficient (Wildman–Crippen LogP) is 6.82. The summed E-state index contributed by atoms with van der Waals surface area (Å²) in [7, 11) is 0. The largest absolute Gasteiger partial charge is 0.490 e. The van der Waals surface area contributed by atoms with Crippen molar-refractivity contribution < 1.29 is 23.9 Å². The van der Waals surface area contributed by atoms with Crippen LogP contribution in [0.3, 0.4) is 0 Å². The van der Waals surface area contributed by atoms with Gasteiger partial charge in [0, 0.05) is 14.0 Å². The molecular formula is C27H21Br2ClN2O5. The number of aryl methyl sites for hydroxylation is 1. The van der Waals surface area contributed by atoms with Gasteiger partial charge in [0.15, 0.2) is 11.5 Å². The smallest absolute Gasteiger partial charge is 0.335 e. The van der Waals surface area contributed by atoms with Crippen LogP contribution in [-0.4, -0.2) is 24.5 Å². The number of rotatable bonds is 7. The topological polar surface area (TPSA) is 84.9 Å². The Hall–Kier alpha value is -3.14. The Labute approximate surface area is 235 Å². The average Bonchev–Trinajstić information content (AvgIpc) is 2.85. The lowest BCUT2D eigenvalue weighted by atomic mass is 10.1. The third-order valence-corrected chi connectivity index (χ3v) is 7.30. The Balaban J connectivity index is 1.66. The molecule has 0 saturated carbocycles. The molecule has 4 amide bonds. The van der Waals surface area contributed by atoms with Gasteiger partial charge in [0.05, 0.1) is 12.3 Å². The Kier molecular flexibility index (Phi) is 8.36. The molecular weight excluding hydrogens is 628 g/mol. The van der Waals surface area contributed by atoms with Crippen LogP contribution in [0.4, 0.5) is 10.5 Å². The molecule has 3 aromatic rings. The first-order valence-electron chi connectivity index (χ1n) is 11.2. The summed E-state index contributed by atoms with van der Waals surface area (Å²) in [5.41, 5.74) is 2.41. The van der Waals surface area contributed by atoms with Gasteiger partial charge in [0.2, 0.25) is 0 Å². The molecule has 1 aliphatic heterocycles. The summed E-state index contributed by atoms with van der Waals surface area (Å²) >= 11 is 12.9. The monoisotopic (exact) mass is 646 g/mol. The summed E-state index contributed by atoms with van der Waals surface area (Å²) in [5, 5.41) is 2.88. The lowest BCUT2D eigenvalue weighted by Crippen LogP contribution is -2.54. The fourth-order valence-electron chi connectivity index (χ4n) is 3.60. The first kappa shape index (κ1) is 26.9. The zero-order valence-corrected chi connectivity index (χ0v) is 23.7. The number of barbiturate groups is 1. The number of hydrogen-bond acceptors (Lipinski definition) is 5. The maximum absolute atomic E-state index is 13.3. The van der Waals surface area contributed by atoms with Gasteiger partial charge in [-0.15, -0.1) is 0 Å². The summed E-state index contributed by atoms with van der Waals surface area (Å²) in [5.74, 6) is -0.601. The van der Waals surface area contributed by atoms with Crippen LogP contribution in [-0.2, 0) is 16.2 Å². The lowest BCUT2D eigenvalue weighted by molar-refractivity contribution is -0.122. The second-order valence-electron chi connectivity index (χ2n) is 8.06. The van der Waals surface area contributed by atoms with E-state index in [1.54, 1.807) is 42.5 Å². The Morgan fingerprint density at radius 2 is 1.65 bits per heavy atom. The molecule has 0 bridgehead atoms. The summed E-state index contributed by atoms with van der Waals surface area (Å²) in [6, 6.07) is 14.9. The van der Waals surface area contributed by atoms with E-state index in [1.807, 2.05) is 26.0 Å². The maximum Gasteiger partial charge on any atom is 0.335 e. The summed E-state index contributed by atoms with van der Waals surface area (Å²) in [6.07, 6.45) is 1.42. The van der Waals surface area contributed by atoms with Gasteiger partial charge < -0.3 is 9.47 Å². The molecule has 0 spiro atoms. The third-order valence-electron chi connectivity index (χ3n) is 5.47. The second kappa shape index (κ2) is 11.5. The predicted molar refractivity (Wildman–Crippen MR) is 149 cm³/mol. The lowest BCUT2D eigenvalue weighted by Gasteiger charge is -2.27. The van der Waals surface area contributed by atoms with Gasteiger partial charge in [-0.1, -0.05) is 55.6 Å². The van der Waals surface area contributed by atoms with E-state index in [2.05, 4.69) is 37.2 Å². The van der Waals surface area contributed by atoms with Crippen molar-refractivity contribution in [3.8, 4) is 11.5 Å². The number of imide groups is 2. The number of ether oxygens (including phenoxy) is 2. The first-order valence-corrected chi connectivity index (χ1v) is 13.2. The Morgan fingerprint density at radius 1 is 0.946 bits per heavy atom. The molecule has 1 saturated heterocycles. The van der Waals surface area contributed by atoms with Crippen molar-refractivity contribution in [1.29, 1.82) is 0 Å². The van der Waals surface area contributed by atoms with E-state index in [0.29, 0.717) is 38.9 Å². The van der Waals surface area contributed by atoms with Crippen LogP contribution in [0.25, 0.3) is 6.08 Å². The minimum Gasteiger partial charge on any atom is -0.490 e. The second-order valence-corrected chi connectivity index (χ2v) is 10.2. The standard InChI is InChI=1S/C27H21Br2ClN2O5/c1-3-36-23-12-17(22(29)13-24(23)37-14-16-4-6-18(30)7-5-16)11-20-25(33)31-27(35)32(26(20)34)19-8-9-21(28)15(2)10-19/h4-13H,3,14H2,1-2H3,(H,31,33,35)/b20-11+. The molecule has 1 fully saturated rings. The molecule has 1 aliphatic rings. The van der Waals surface area contributed by atoms with Crippen molar-refractivity contribution in [2.45, 2.75) is 20.5 Å². The number of nitrogens with zero attached hydrogens (tertiary/aromatic N) is 1. The number of urea groups is 1.